The molecule has 0 aliphatic heterocycles. The van der Waals surface area contributed by atoms with E-state index in [1.165, 1.54) is 10.8 Å². The summed E-state index contributed by atoms with van der Waals surface area (Å²) in [5.41, 5.74) is 2.04. The number of aliphatic hydroxyl groups excluding tert-OH is 1. The zero-order valence-corrected chi connectivity index (χ0v) is 14.4. The molecule has 106 valence electrons. The van der Waals surface area contributed by atoms with Gasteiger partial charge in [0.1, 0.15) is 0 Å². The second-order valence-electron chi connectivity index (χ2n) is 5.07. The minimum Gasteiger partial charge on any atom is -0.388 e. The molecule has 0 radical (unpaired) electrons. The molecule has 0 bridgehead atoms. The maximum atomic E-state index is 10.5. The summed E-state index contributed by atoms with van der Waals surface area (Å²) in [6.45, 7) is 0. The van der Waals surface area contributed by atoms with Gasteiger partial charge in [-0.2, -0.15) is 0 Å². The summed E-state index contributed by atoms with van der Waals surface area (Å²) < 4.78 is 1.92. The van der Waals surface area contributed by atoms with Gasteiger partial charge in [-0.05, 0) is 34.0 Å². The van der Waals surface area contributed by atoms with Gasteiger partial charge in [0.15, 0.2) is 0 Å². The molecule has 0 saturated heterocycles. The number of hydrogen-bond donors (Lipinski definition) is 1. The molecule has 3 heteroatoms. The van der Waals surface area contributed by atoms with Crippen LogP contribution in [0, 0.1) is 0 Å². The van der Waals surface area contributed by atoms with Crippen LogP contribution in [0.1, 0.15) is 17.2 Å². The van der Waals surface area contributed by atoms with Crippen molar-refractivity contribution in [1.29, 1.82) is 0 Å². The molecule has 0 aliphatic carbocycles. The van der Waals surface area contributed by atoms with Crippen LogP contribution < -0.4 is 0 Å². The normalized spacial score (nSPS) is 12.5. The average Bonchev–Trinajstić information content (AvgIpc) is 2.47. The molecule has 1 unspecified atom stereocenters. The molecule has 3 aromatic rings. The monoisotopic (exact) mass is 404 g/mol. The Balaban J connectivity index is 1.87. The fourth-order valence-corrected chi connectivity index (χ4v) is 3.78. The van der Waals surface area contributed by atoms with E-state index >= 15 is 0 Å². The third kappa shape index (κ3) is 3.37. The Hall–Kier alpha value is -1.16. The Morgan fingerprint density at radius 1 is 0.857 bits per heavy atom. The average molecular weight is 406 g/mol. The van der Waals surface area contributed by atoms with Gasteiger partial charge in [-0.15, -0.1) is 0 Å². The molecule has 1 nitrogen and oxygen atoms in total. The molecule has 21 heavy (non-hydrogen) atoms. The molecule has 0 amide bonds. The highest BCUT2D eigenvalue weighted by Gasteiger charge is 2.12. The van der Waals surface area contributed by atoms with Crippen molar-refractivity contribution in [1.82, 2.24) is 0 Å². The van der Waals surface area contributed by atoms with E-state index < -0.39 is 6.10 Å². The van der Waals surface area contributed by atoms with Gasteiger partial charge in [0.2, 0.25) is 0 Å². The number of fused-ring (bicyclic) bond motifs is 1. The van der Waals surface area contributed by atoms with Crippen LogP contribution in [-0.4, -0.2) is 5.11 Å². The van der Waals surface area contributed by atoms with Crippen LogP contribution in [0.3, 0.4) is 0 Å². The van der Waals surface area contributed by atoms with Gasteiger partial charge in [-0.1, -0.05) is 80.4 Å². The summed E-state index contributed by atoms with van der Waals surface area (Å²) in [5, 5.41) is 12.9. The van der Waals surface area contributed by atoms with E-state index in [2.05, 4.69) is 62.2 Å². The molecule has 0 fully saturated rings. The number of hydrogen-bond acceptors (Lipinski definition) is 1. The van der Waals surface area contributed by atoms with Gasteiger partial charge in [0.05, 0.1) is 6.10 Å². The fraction of sp³-hybridized carbons (Fsp3) is 0.111. The van der Waals surface area contributed by atoms with Gasteiger partial charge in [-0.25, -0.2) is 0 Å². The highest BCUT2D eigenvalue weighted by Crippen LogP contribution is 2.29. The van der Waals surface area contributed by atoms with Crippen molar-refractivity contribution >= 4 is 42.6 Å². The molecule has 0 saturated carbocycles. The third-order valence-corrected chi connectivity index (χ3v) is 4.74. The van der Waals surface area contributed by atoms with Crippen LogP contribution >= 0.6 is 31.9 Å². The van der Waals surface area contributed by atoms with Gasteiger partial charge < -0.3 is 5.11 Å². The first-order chi connectivity index (χ1) is 10.1. The first kappa shape index (κ1) is 14.8. The number of benzene rings is 3. The molecule has 1 N–H and O–H groups in total. The maximum absolute atomic E-state index is 10.5. The zero-order valence-electron chi connectivity index (χ0n) is 11.3. The van der Waals surface area contributed by atoms with Gasteiger partial charge in [0.25, 0.3) is 0 Å². The molecule has 0 spiro atoms. The summed E-state index contributed by atoms with van der Waals surface area (Å²) in [6, 6.07) is 20.4. The number of rotatable bonds is 3. The lowest BCUT2D eigenvalue weighted by Crippen LogP contribution is -2.02. The predicted octanol–water partition coefficient (Wildman–Crippen LogP) is 5.64. The van der Waals surface area contributed by atoms with E-state index in [0.717, 1.165) is 20.1 Å². The maximum Gasteiger partial charge on any atom is 0.0841 e. The summed E-state index contributed by atoms with van der Waals surface area (Å²) >= 11 is 6.94. The lowest BCUT2D eigenvalue weighted by molar-refractivity contribution is 0.177. The Morgan fingerprint density at radius 2 is 1.62 bits per heavy atom. The summed E-state index contributed by atoms with van der Waals surface area (Å²) in [7, 11) is 0. The minimum atomic E-state index is -0.520. The Morgan fingerprint density at radius 3 is 2.38 bits per heavy atom. The molecule has 0 aromatic heterocycles. The van der Waals surface area contributed by atoms with Crippen molar-refractivity contribution in [3.05, 3.63) is 80.7 Å². The van der Waals surface area contributed by atoms with Crippen LogP contribution in [0.25, 0.3) is 10.8 Å². The molecule has 1 atom stereocenters. The quantitative estimate of drug-likeness (QED) is 0.597. The van der Waals surface area contributed by atoms with Crippen molar-refractivity contribution in [2.45, 2.75) is 12.5 Å². The lowest BCUT2D eigenvalue weighted by Gasteiger charge is -2.14. The third-order valence-electron chi connectivity index (χ3n) is 3.56. The van der Waals surface area contributed by atoms with E-state index in [4.69, 9.17) is 0 Å². The predicted molar refractivity (Wildman–Crippen MR) is 94.5 cm³/mol. The van der Waals surface area contributed by atoms with Crippen LogP contribution in [0.5, 0.6) is 0 Å². The van der Waals surface area contributed by atoms with Crippen LogP contribution in [0.2, 0.25) is 0 Å². The van der Waals surface area contributed by atoms with Crippen molar-refractivity contribution in [3.63, 3.8) is 0 Å². The largest absolute Gasteiger partial charge is 0.388 e. The van der Waals surface area contributed by atoms with Gasteiger partial charge >= 0.3 is 0 Å². The molecule has 0 heterocycles. The van der Waals surface area contributed by atoms with Gasteiger partial charge in [-0.3, -0.25) is 0 Å². The van der Waals surface area contributed by atoms with Crippen LogP contribution in [-0.2, 0) is 6.42 Å². The minimum absolute atomic E-state index is 0.520. The van der Waals surface area contributed by atoms with E-state index in [0.29, 0.717) is 6.42 Å². The number of aliphatic hydroxyl groups is 1. The topological polar surface area (TPSA) is 20.2 Å². The van der Waals surface area contributed by atoms with Crippen molar-refractivity contribution in [2.24, 2.45) is 0 Å². The van der Waals surface area contributed by atoms with Crippen molar-refractivity contribution in [2.75, 3.05) is 0 Å². The summed E-state index contributed by atoms with van der Waals surface area (Å²) in [5.74, 6) is 0. The van der Waals surface area contributed by atoms with Crippen molar-refractivity contribution < 1.29 is 5.11 Å². The molecular formula is C18H14Br2O. The second-order valence-corrected chi connectivity index (χ2v) is 6.84. The van der Waals surface area contributed by atoms with E-state index in [-0.39, 0.29) is 0 Å². The second kappa shape index (κ2) is 6.30. The van der Waals surface area contributed by atoms with E-state index in [1.807, 2.05) is 30.3 Å². The standard InChI is InChI=1S/C18H14Br2O/c19-15-7-8-16(17(20)11-15)18(21)10-12-5-6-13-3-1-2-4-14(13)9-12/h1-9,11,18,21H,10H2. The Kier molecular flexibility index (Phi) is 4.43. The fourth-order valence-electron chi connectivity index (χ4n) is 2.47. The highest BCUT2D eigenvalue weighted by molar-refractivity contribution is 9.11. The highest BCUT2D eigenvalue weighted by atomic mass is 79.9. The molecule has 0 aliphatic rings. The first-order valence-electron chi connectivity index (χ1n) is 6.74. The van der Waals surface area contributed by atoms with Crippen LogP contribution in [0.4, 0.5) is 0 Å². The Labute approximate surface area is 140 Å². The number of halogens is 2. The SMILES string of the molecule is OC(Cc1ccc2ccccc2c1)c1ccc(Br)cc1Br. The molecule has 3 aromatic carbocycles. The Bertz CT molecular complexity index is 783. The van der Waals surface area contributed by atoms with E-state index in [9.17, 15) is 5.11 Å². The lowest BCUT2D eigenvalue weighted by atomic mass is 9.99. The first-order valence-corrected chi connectivity index (χ1v) is 8.33. The van der Waals surface area contributed by atoms with Crippen molar-refractivity contribution in [3.8, 4) is 0 Å². The summed E-state index contributed by atoms with van der Waals surface area (Å²) in [6.07, 6.45) is 0.0825. The van der Waals surface area contributed by atoms with E-state index in [1.54, 1.807) is 0 Å². The van der Waals surface area contributed by atoms with Crippen LogP contribution in [0.15, 0.2) is 69.6 Å². The molecule has 3 rings (SSSR count). The molecular weight excluding hydrogens is 392 g/mol. The summed E-state index contributed by atoms with van der Waals surface area (Å²) in [4.78, 5) is 0. The smallest absolute Gasteiger partial charge is 0.0841 e. The zero-order chi connectivity index (χ0) is 14.8. The van der Waals surface area contributed by atoms with Gasteiger partial charge in [0, 0.05) is 15.4 Å².